The Hall–Kier alpha value is -2.60. The summed E-state index contributed by atoms with van der Waals surface area (Å²) in [4.78, 5) is 24.3. The molecule has 0 aliphatic heterocycles. The van der Waals surface area contributed by atoms with Crippen molar-refractivity contribution in [1.82, 2.24) is 5.32 Å². The Morgan fingerprint density at radius 2 is 2.26 bits per heavy atom. The van der Waals surface area contributed by atoms with Gasteiger partial charge >= 0.3 is 5.97 Å². The van der Waals surface area contributed by atoms with E-state index in [1.54, 1.807) is 0 Å². The zero-order valence-corrected chi connectivity index (χ0v) is 10.00. The van der Waals surface area contributed by atoms with Crippen LogP contribution in [-0.2, 0) is 16.0 Å². The fourth-order valence-electron chi connectivity index (χ4n) is 1.48. The molecule has 1 amide bonds. The number of azide groups is 1. The highest BCUT2D eigenvalue weighted by molar-refractivity contribution is 5.82. The SMILES string of the molecule is CC(=O)N[C@H](Cc1ccc(N=[N+]=[N-])cc1F)C(=O)O. The lowest BCUT2D eigenvalue weighted by atomic mass is 10.0. The minimum Gasteiger partial charge on any atom is -0.480 e. The maximum Gasteiger partial charge on any atom is 0.326 e. The van der Waals surface area contributed by atoms with Gasteiger partial charge in [-0.2, -0.15) is 0 Å². The van der Waals surface area contributed by atoms with E-state index in [4.69, 9.17) is 10.6 Å². The molecule has 19 heavy (non-hydrogen) atoms. The number of carboxylic acid groups (broad SMARTS) is 1. The topological polar surface area (TPSA) is 115 Å². The highest BCUT2D eigenvalue weighted by Crippen LogP contribution is 2.18. The maximum absolute atomic E-state index is 13.6. The number of carbonyl (C=O) groups excluding carboxylic acids is 1. The molecule has 1 atom stereocenters. The zero-order valence-electron chi connectivity index (χ0n) is 10.00. The molecular weight excluding hydrogens is 255 g/mol. The van der Waals surface area contributed by atoms with Crippen LogP contribution >= 0.6 is 0 Å². The molecule has 0 fully saturated rings. The third-order valence-electron chi connectivity index (χ3n) is 2.30. The predicted molar refractivity (Wildman–Crippen MR) is 64.2 cm³/mol. The third kappa shape index (κ3) is 4.29. The van der Waals surface area contributed by atoms with E-state index in [-0.39, 0.29) is 17.7 Å². The summed E-state index contributed by atoms with van der Waals surface area (Å²) in [6.07, 6.45) is -0.197. The fraction of sp³-hybridized carbons (Fsp3) is 0.273. The monoisotopic (exact) mass is 266 g/mol. The van der Waals surface area contributed by atoms with E-state index < -0.39 is 23.7 Å². The molecule has 1 aromatic rings. The Morgan fingerprint density at radius 1 is 1.58 bits per heavy atom. The van der Waals surface area contributed by atoms with Crippen LogP contribution in [0.1, 0.15) is 12.5 Å². The molecule has 0 aliphatic carbocycles. The summed E-state index contributed by atoms with van der Waals surface area (Å²) in [6.45, 7) is 1.18. The Kier molecular flexibility index (Phi) is 4.84. The molecule has 0 radical (unpaired) electrons. The van der Waals surface area contributed by atoms with Crippen molar-refractivity contribution < 1.29 is 19.1 Å². The number of amides is 1. The molecule has 0 saturated heterocycles. The van der Waals surface area contributed by atoms with Gasteiger partial charge in [0.2, 0.25) is 5.91 Å². The number of carbonyl (C=O) groups is 2. The molecule has 1 rings (SSSR count). The summed E-state index contributed by atoms with van der Waals surface area (Å²) < 4.78 is 13.6. The maximum atomic E-state index is 13.6. The number of hydrogen-bond acceptors (Lipinski definition) is 3. The van der Waals surface area contributed by atoms with Gasteiger partial charge in [-0.05, 0) is 17.2 Å². The molecule has 0 heterocycles. The van der Waals surface area contributed by atoms with E-state index in [0.717, 1.165) is 6.07 Å². The number of rotatable bonds is 5. The smallest absolute Gasteiger partial charge is 0.326 e. The van der Waals surface area contributed by atoms with Crippen molar-refractivity contribution in [3.05, 3.63) is 40.0 Å². The normalized spacial score (nSPS) is 11.3. The number of halogens is 1. The summed E-state index contributed by atoms with van der Waals surface area (Å²) in [5.74, 6) is -2.46. The van der Waals surface area contributed by atoms with Crippen molar-refractivity contribution in [2.75, 3.05) is 0 Å². The summed E-state index contributed by atoms with van der Waals surface area (Å²) >= 11 is 0. The lowest BCUT2D eigenvalue weighted by Crippen LogP contribution is -2.41. The molecule has 0 unspecified atom stereocenters. The van der Waals surface area contributed by atoms with E-state index in [9.17, 15) is 14.0 Å². The van der Waals surface area contributed by atoms with Crippen molar-refractivity contribution in [2.45, 2.75) is 19.4 Å². The first-order valence-corrected chi connectivity index (χ1v) is 5.27. The first kappa shape index (κ1) is 14.5. The van der Waals surface area contributed by atoms with Crippen molar-refractivity contribution in [3.63, 3.8) is 0 Å². The molecule has 8 heteroatoms. The van der Waals surface area contributed by atoms with Gasteiger partial charge in [-0.25, -0.2) is 9.18 Å². The number of carboxylic acids is 1. The second-order valence-corrected chi connectivity index (χ2v) is 3.76. The van der Waals surface area contributed by atoms with Crippen LogP contribution < -0.4 is 5.32 Å². The third-order valence-corrected chi connectivity index (χ3v) is 2.30. The molecule has 0 spiro atoms. The molecule has 100 valence electrons. The van der Waals surface area contributed by atoms with Gasteiger partial charge < -0.3 is 10.4 Å². The lowest BCUT2D eigenvalue weighted by Gasteiger charge is -2.13. The second-order valence-electron chi connectivity index (χ2n) is 3.76. The number of nitrogens with one attached hydrogen (secondary N) is 1. The van der Waals surface area contributed by atoms with E-state index in [1.165, 1.54) is 19.1 Å². The largest absolute Gasteiger partial charge is 0.480 e. The standard InChI is InChI=1S/C11H11FN4O3/c1-6(17)14-10(11(18)19)4-7-2-3-8(15-16-13)5-9(7)12/h2-3,5,10H,4H2,1H3,(H,14,17)(H,18,19)/t10-/m1/s1. The average Bonchev–Trinajstić information content (AvgIpc) is 2.31. The predicted octanol–water partition coefficient (Wildman–Crippen LogP) is 1.90. The van der Waals surface area contributed by atoms with Crippen LogP contribution in [-0.4, -0.2) is 23.0 Å². The number of benzene rings is 1. The van der Waals surface area contributed by atoms with E-state index in [1.807, 2.05) is 0 Å². The molecule has 2 N–H and O–H groups in total. The van der Waals surface area contributed by atoms with Crippen molar-refractivity contribution in [1.29, 1.82) is 0 Å². The van der Waals surface area contributed by atoms with E-state index in [2.05, 4.69) is 15.3 Å². The van der Waals surface area contributed by atoms with Gasteiger partial charge in [0.05, 0.1) is 0 Å². The minimum atomic E-state index is -1.26. The fourth-order valence-corrected chi connectivity index (χ4v) is 1.48. The first-order chi connectivity index (χ1) is 8.93. The Balaban J connectivity index is 2.93. The summed E-state index contributed by atoms with van der Waals surface area (Å²) in [5.41, 5.74) is 8.41. The average molecular weight is 266 g/mol. The molecule has 0 aliphatic rings. The van der Waals surface area contributed by atoms with Crippen LogP contribution in [0, 0.1) is 5.82 Å². The Bertz CT molecular complexity index is 555. The Morgan fingerprint density at radius 3 is 2.74 bits per heavy atom. The van der Waals surface area contributed by atoms with Crippen molar-refractivity contribution in [3.8, 4) is 0 Å². The molecule has 0 saturated carbocycles. The number of hydrogen-bond donors (Lipinski definition) is 2. The highest BCUT2D eigenvalue weighted by atomic mass is 19.1. The van der Waals surface area contributed by atoms with Gasteiger partial charge in [0.15, 0.2) is 0 Å². The van der Waals surface area contributed by atoms with Crippen LogP contribution in [0.4, 0.5) is 10.1 Å². The van der Waals surface area contributed by atoms with E-state index in [0.29, 0.717) is 0 Å². The van der Waals surface area contributed by atoms with Crippen LogP contribution in [0.15, 0.2) is 23.3 Å². The summed E-state index contributed by atoms with van der Waals surface area (Å²) in [7, 11) is 0. The van der Waals surface area contributed by atoms with Gasteiger partial charge in [-0.15, -0.1) is 0 Å². The highest BCUT2D eigenvalue weighted by Gasteiger charge is 2.20. The molecular formula is C11H11FN4O3. The second kappa shape index (κ2) is 6.36. The van der Waals surface area contributed by atoms with Crippen LogP contribution in [0.3, 0.4) is 0 Å². The van der Waals surface area contributed by atoms with E-state index >= 15 is 0 Å². The molecule has 7 nitrogen and oxygen atoms in total. The van der Waals surface area contributed by atoms with Gasteiger partial charge in [-0.1, -0.05) is 17.2 Å². The first-order valence-electron chi connectivity index (χ1n) is 5.27. The van der Waals surface area contributed by atoms with Gasteiger partial charge in [0.1, 0.15) is 11.9 Å². The van der Waals surface area contributed by atoms with Gasteiger partial charge in [0.25, 0.3) is 0 Å². The number of nitrogens with zero attached hydrogens (tertiary/aromatic N) is 3. The molecule has 0 bridgehead atoms. The lowest BCUT2D eigenvalue weighted by molar-refractivity contribution is -0.141. The molecule has 1 aromatic carbocycles. The van der Waals surface area contributed by atoms with Crippen molar-refractivity contribution >= 4 is 17.6 Å². The Labute approximate surface area is 107 Å². The van der Waals surface area contributed by atoms with Gasteiger partial charge in [0, 0.05) is 23.9 Å². The van der Waals surface area contributed by atoms with Crippen molar-refractivity contribution in [2.24, 2.45) is 5.11 Å². The quantitative estimate of drug-likeness (QED) is 0.481. The van der Waals surface area contributed by atoms with Gasteiger partial charge in [-0.3, -0.25) is 4.79 Å². The van der Waals surface area contributed by atoms with Crippen LogP contribution in [0.25, 0.3) is 10.4 Å². The summed E-state index contributed by atoms with van der Waals surface area (Å²) in [5, 5.41) is 14.3. The molecule has 0 aromatic heterocycles. The van der Waals surface area contributed by atoms with Crippen LogP contribution in [0.5, 0.6) is 0 Å². The summed E-state index contributed by atoms with van der Waals surface area (Å²) in [6, 6.07) is 2.47. The zero-order chi connectivity index (χ0) is 14.4. The number of aliphatic carboxylic acids is 1. The minimum absolute atomic E-state index is 0.0927. The van der Waals surface area contributed by atoms with Crippen LogP contribution in [0.2, 0.25) is 0 Å².